The molecule has 1 aliphatic heterocycles. The summed E-state index contributed by atoms with van der Waals surface area (Å²) in [7, 11) is 0. The molecule has 1 heterocycles. The summed E-state index contributed by atoms with van der Waals surface area (Å²) in [6.07, 6.45) is 15.9. The summed E-state index contributed by atoms with van der Waals surface area (Å²) in [5.74, 6) is -0.785. The van der Waals surface area contributed by atoms with E-state index in [0.29, 0.717) is 25.7 Å². The molecule has 0 radical (unpaired) electrons. The number of rotatable bonds is 13. The molecule has 0 aromatic heterocycles. The summed E-state index contributed by atoms with van der Waals surface area (Å²) < 4.78 is 5.70. The van der Waals surface area contributed by atoms with Gasteiger partial charge >= 0.3 is 5.97 Å². The van der Waals surface area contributed by atoms with E-state index < -0.39 is 36.5 Å². The van der Waals surface area contributed by atoms with Crippen LogP contribution in [0.4, 0.5) is 0 Å². The quantitative estimate of drug-likeness (QED) is 0.358. The molecule has 0 spiro atoms. The summed E-state index contributed by atoms with van der Waals surface area (Å²) in [6, 6.07) is 0. The third-order valence-corrected chi connectivity index (χ3v) is 4.50. The van der Waals surface area contributed by atoms with Crippen LogP contribution in [0, 0.1) is 0 Å². The van der Waals surface area contributed by atoms with Crippen LogP contribution in [0.2, 0.25) is 0 Å². The van der Waals surface area contributed by atoms with Gasteiger partial charge in [-0.2, -0.15) is 0 Å². The number of hydrogen-bond acceptors (Lipinski definition) is 5. The second kappa shape index (κ2) is 14.3. The Bertz CT molecular complexity index is 551. The van der Waals surface area contributed by atoms with Crippen LogP contribution in [0.3, 0.4) is 0 Å². The predicted octanol–water partition coefficient (Wildman–Crippen LogP) is 2.90. The van der Waals surface area contributed by atoms with Crippen molar-refractivity contribution in [2.45, 2.75) is 82.4 Å². The third kappa shape index (κ3) is 10.6. The van der Waals surface area contributed by atoms with Crippen molar-refractivity contribution in [1.29, 1.82) is 0 Å². The van der Waals surface area contributed by atoms with E-state index in [1.54, 1.807) is 12.2 Å². The first-order chi connectivity index (χ1) is 13.4. The maximum absolute atomic E-state index is 10.4. The second-order valence-electron chi connectivity index (χ2n) is 6.92. The molecule has 158 valence electrons. The first-order valence-corrected chi connectivity index (χ1v) is 9.98. The molecular weight excluding hydrogens is 360 g/mol. The van der Waals surface area contributed by atoms with E-state index in [2.05, 4.69) is 0 Å². The number of ether oxygens (including phenoxy) is 1. The van der Waals surface area contributed by atoms with Crippen LogP contribution in [0.15, 0.2) is 48.6 Å². The van der Waals surface area contributed by atoms with Gasteiger partial charge in [0.2, 0.25) is 0 Å². The van der Waals surface area contributed by atoms with E-state index in [-0.39, 0.29) is 6.42 Å². The molecule has 0 aliphatic carbocycles. The summed E-state index contributed by atoms with van der Waals surface area (Å²) in [6.45, 7) is 1.87. The van der Waals surface area contributed by atoms with Gasteiger partial charge in [-0.15, -0.1) is 0 Å². The maximum atomic E-state index is 10.4. The first kappa shape index (κ1) is 24.3. The molecule has 6 heteroatoms. The number of aliphatic carboxylic acids is 1. The largest absolute Gasteiger partial charge is 0.481 e. The third-order valence-electron chi connectivity index (χ3n) is 4.50. The second-order valence-corrected chi connectivity index (χ2v) is 6.92. The van der Waals surface area contributed by atoms with Gasteiger partial charge in [0.05, 0.1) is 24.4 Å². The summed E-state index contributed by atoms with van der Waals surface area (Å²) in [4.78, 5) is 10.4. The van der Waals surface area contributed by atoms with E-state index >= 15 is 0 Å². The predicted molar refractivity (Wildman–Crippen MR) is 109 cm³/mol. The van der Waals surface area contributed by atoms with Crippen molar-refractivity contribution >= 4 is 5.97 Å². The van der Waals surface area contributed by atoms with Gasteiger partial charge in [-0.05, 0) is 32.1 Å². The standard InChI is InChI=1S/C22H34O6/c1-2-17(23)14-15-20-19(25)16-21(28-20)18(24)12-10-8-6-4-3-5-7-9-11-13-22(26)27/h3-4,7-10,14-15,17-21,23-25H,2,5-6,11-13,16H2,1H3,(H,26,27)/b4-3-,9-7-,10-8-,15-14+/t17-,18-,19-,20-,21+/m0/s1. The highest BCUT2D eigenvalue weighted by molar-refractivity contribution is 5.66. The average molecular weight is 395 g/mol. The van der Waals surface area contributed by atoms with Gasteiger partial charge in [-0.1, -0.05) is 55.5 Å². The molecular formula is C22H34O6. The minimum absolute atomic E-state index is 0.157. The zero-order valence-electron chi connectivity index (χ0n) is 16.6. The summed E-state index contributed by atoms with van der Waals surface area (Å²) in [5, 5.41) is 38.3. The molecule has 6 nitrogen and oxygen atoms in total. The fraction of sp³-hybridized carbons (Fsp3) is 0.591. The molecule has 5 atom stereocenters. The lowest BCUT2D eigenvalue weighted by Crippen LogP contribution is -2.25. The molecule has 0 amide bonds. The fourth-order valence-electron chi connectivity index (χ4n) is 2.77. The number of carbonyl (C=O) groups is 1. The van der Waals surface area contributed by atoms with Crippen LogP contribution in [0.5, 0.6) is 0 Å². The summed E-state index contributed by atoms with van der Waals surface area (Å²) in [5.41, 5.74) is 0. The molecule has 0 saturated carbocycles. The molecule has 0 aromatic carbocycles. The van der Waals surface area contributed by atoms with Crippen molar-refractivity contribution in [1.82, 2.24) is 0 Å². The SMILES string of the molecule is CC[C@H](O)/C=C/[C@@H]1O[C@@H]([C@@H](O)C/C=C\C/C=C\C/C=C\CCC(=O)O)C[C@@H]1O. The zero-order chi connectivity index (χ0) is 20.8. The van der Waals surface area contributed by atoms with Gasteiger partial charge < -0.3 is 25.2 Å². The number of carboxylic acids is 1. The number of hydrogen-bond donors (Lipinski definition) is 4. The minimum atomic E-state index is -0.785. The van der Waals surface area contributed by atoms with Gasteiger partial charge in [0, 0.05) is 12.8 Å². The number of allylic oxidation sites excluding steroid dienone is 5. The fourth-order valence-corrected chi connectivity index (χ4v) is 2.77. The summed E-state index contributed by atoms with van der Waals surface area (Å²) >= 11 is 0. The zero-order valence-corrected chi connectivity index (χ0v) is 16.6. The normalized spacial score (nSPS) is 25.5. The maximum Gasteiger partial charge on any atom is 0.303 e. The highest BCUT2D eigenvalue weighted by atomic mass is 16.5. The van der Waals surface area contributed by atoms with Gasteiger partial charge in [-0.3, -0.25) is 4.79 Å². The topological polar surface area (TPSA) is 107 Å². The Balaban J connectivity index is 2.22. The Hall–Kier alpha value is -1.73. The molecule has 1 saturated heterocycles. The molecule has 28 heavy (non-hydrogen) atoms. The Morgan fingerprint density at radius 2 is 1.75 bits per heavy atom. The number of aliphatic hydroxyl groups excluding tert-OH is 3. The van der Waals surface area contributed by atoms with E-state index in [4.69, 9.17) is 9.84 Å². The van der Waals surface area contributed by atoms with E-state index in [1.807, 2.05) is 43.4 Å². The smallest absolute Gasteiger partial charge is 0.303 e. The lowest BCUT2D eigenvalue weighted by Gasteiger charge is -2.16. The molecule has 1 fully saturated rings. The molecule has 0 unspecified atom stereocenters. The van der Waals surface area contributed by atoms with Gasteiger partial charge in [0.15, 0.2) is 0 Å². The lowest BCUT2D eigenvalue weighted by atomic mass is 10.0. The van der Waals surface area contributed by atoms with Gasteiger partial charge in [0.25, 0.3) is 0 Å². The van der Waals surface area contributed by atoms with Crippen LogP contribution < -0.4 is 0 Å². The Morgan fingerprint density at radius 1 is 1.11 bits per heavy atom. The highest BCUT2D eigenvalue weighted by Crippen LogP contribution is 2.25. The van der Waals surface area contributed by atoms with Gasteiger partial charge in [-0.25, -0.2) is 0 Å². The van der Waals surface area contributed by atoms with Crippen LogP contribution >= 0.6 is 0 Å². The molecule has 0 aromatic rings. The molecule has 0 bridgehead atoms. The van der Waals surface area contributed by atoms with Crippen molar-refractivity contribution in [2.24, 2.45) is 0 Å². The Kier molecular flexibility index (Phi) is 12.4. The van der Waals surface area contributed by atoms with Crippen molar-refractivity contribution in [3.63, 3.8) is 0 Å². The first-order valence-electron chi connectivity index (χ1n) is 9.98. The molecule has 4 N–H and O–H groups in total. The van der Waals surface area contributed by atoms with Crippen LogP contribution in [0.1, 0.15) is 51.9 Å². The number of aliphatic hydroxyl groups is 3. The van der Waals surface area contributed by atoms with Gasteiger partial charge in [0.1, 0.15) is 6.10 Å². The molecule has 1 rings (SSSR count). The molecule has 1 aliphatic rings. The monoisotopic (exact) mass is 394 g/mol. The van der Waals surface area contributed by atoms with Crippen molar-refractivity contribution in [3.8, 4) is 0 Å². The average Bonchev–Trinajstić information content (AvgIpc) is 3.04. The van der Waals surface area contributed by atoms with Crippen molar-refractivity contribution in [3.05, 3.63) is 48.6 Å². The van der Waals surface area contributed by atoms with E-state index in [0.717, 1.165) is 12.8 Å². The number of carboxylic acid groups (broad SMARTS) is 1. The van der Waals surface area contributed by atoms with Crippen molar-refractivity contribution in [2.75, 3.05) is 0 Å². The Labute approximate surface area is 167 Å². The van der Waals surface area contributed by atoms with E-state index in [9.17, 15) is 20.1 Å². The lowest BCUT2D eigenvalue weighted by molar-refractivity contribution is -0.136. The van der Waals surface area contributed by atoms with Crippen LogP contribution in [-0.4, -0.2) is 56.9 Å². The highest BCUT2D eigenvalue weighted by Gasteiger charge is 2.35. The van der Waals surface area contributed by atoms with E-state index in [1.165, 1.54) is 0 Å². The Morgan fingerprint density at radius 3 is 2.39 bits per heavy atom. The van der Waals surface area contributed by atoms with Crippen LogP contribution in [-0.2, 0) is 9.53 Å². The minimum Gasteiger partial charge on any atom is -0.481 e. The van der Waals surface area contributed by atoms with Crippen LogP contribution in [0.25, 0.3) is 0 Å². The van der Waals surface area contributed by atoms with Crippen molar-refractivity contribution < 1.29 is 30.0 Å².